The lowest BCUT2D eigenvalue weighted by Crippen LogP contribution is -2.26. The lowest BCUT2D eigenvalue weighted by atomic mass is 9.72. The van der Waals surface area contributed by atoms with E-state index >= 15 is 0 Å². The zero-order valence-electron chi connectivity index (χ0n) is 20.9. The zero-order valence-corrected chi connectivity index (χ0v) is 21.8. The van der Waals surface area contributed by atoms with Crippen molar-refractivity contribution in [3.8, 4) is 5.75 Å². The molecule has 0 saturated carbocycles. The number of esters is 1. The number of rotatable bonds is 10. The molecule has 35 heavy (non-hydrogen) atoms. The number of carbonyl (C=O) groups is 3. The molecule has 1 amide bonds. The van der Waals surface area contributed by atoms with Crippen molar-refractivity contribution in [3.63, 3.8) is 0 Å². The highest BCUT2D eigenvalue weighted by atomic mass is 32.1. The number of thiophene rings is 1. The Kier molecular flexibility index (Phi) is 8.94. The standard InChI is InChI=1S/C27H35NO6S/c1-27(2,3)18-11-14-20-21(16-18)35-25(23(20)26(31)32)28-24(30)17-9-12-19(13-10-17)34-15-7-5-6-8-22(29)33-4/h9-10,12-13,18H,5-8,11,14-16H2,1-4H3,(H,28,30)(H,31,32). The minimum absolute atomic E-state index is 0.154. The third-order valence-electron chi connectivity index (χ3n) is 6.57. The third kappa shape index (κ3) is 7.07. The summed E-state index contributed by atoms with van der Waals surface area (Å²) in [4.78, 5) is 37.1. The Bertz CT molecular complexity index is 1050. The number of methoxy groups -OCH3 is 1. The van der Waals surface area contributed by atoms with Crippen LogP contribution in [0.5, 0.6) is 5.75 Å². The number of benzene rings is 1. The largest absolute Gasteiger partial charge is 0.494 e. The minimum atomic E-state index is -0.998. The number of anilines is 1. The van der Waals surface area contributed by atoms with Crippen LogP contribution in [-0.2, 0) is 22.4 Å². The Morgan fingerprint density at radius 3 is 2.46 bits per heavy atom. The van der Waals surface area contributed by atoms with E-state index in [-0.39, 0.29) is 22.9 Å². The van der Waals surface area contributed by atoms with Crippen LogP contribution in [0.25, 0.3) is 0 Å². The van der Waals surface area contributed by atoms with E-state index in [1.165, 1.54) is 18.4 Å². The number of nitrogens with one attached hydrogen (secondary N) is 1. The van der Waals surface area contributed by atoms with Gasteiger partial charge in [-0.25, -0.2) is 4.79 Å². The molecule has 0 fully saturated rings. The molecule has 0 radical (unpaired) electrons. The summed E-state index contributed by atoms with van der Waals surface area (Å²) in [5, 5.41) is 13.1. The highest BCUT2D eigenvalue weighted by Crippen LogP contribution is 2.44. The number of amides is 1. The van der Waals surface area contributed by atoms with Gasteiger partial charge in [-0.3, -0.25) is 9.59 Å². The van der Waals surface area contributed by atoms with Crippen LogP contribution in [0.4, 0.5) is 5.00 Å². The molecule has 1 atom stereocenters. The van der Waals surface area contributed by atoms with Crippen LogP contribution in [0.1, 0.15) is 84.0 Å². The lowest BCUT2D eigenvalue weighted by molar-refractivity contribution is -0.140. The second-order valence-electron chi connectivity index (χ2n) is 10.0. The third-order valence-corrected chi connectivity index (χ3v) is 7.74. The summed E-state index contributed by atoms with van der Waals surface area (Å²) in [7, 11) is 1.39. The molecular formula is C27H35NO6S. The van der Waals surface area contributed by atoms with Crippen molar-refractivity contribution in [2.75, 3.05) is 19.0 Å². The van der Waals surface area contributed by atoms with Crippen LogP contribution < -0.4 is 10.1 Å². The molecule has 2 N–H and O–H groups in total. The van der Waals surface area contributed by atoms with Gasteiger partial charge in [0.05, 0.1) is 19.3 Å². The first kappa shape index (κ1) is 26.7. The van der Waals surface area contributed by atoms with E-state index in [0.29, 0.717) is 35.3 Å². The van der Waals surface area contributed by atoms with Crippen molar-refractivity contribution in [2.45, 2.75) is 65.7 Å². The van der Waals surface area contributed by atoms with Crippen molar-refractivity contribution in [3.05, 3.63) is 45.8 Å². The first-order valence-electron chi connectivity index (χ1n) is 12.1. The first-order valence-corrected chi connectivity index (χ1v) is 12.9. The molecule has 1 aliphatic rings. The molecule has 0 spiro atoms. The summed E-state index contributed by atoms with van der Waals surface area (Å²) >= 11 is 1.39. The van der Waals surface area contributed by atoms with E-state index in [1.54, 1.807) is 24.3 Å². The Labute approximate surface area is 210 Å². The number of hydrogen-bond donors (Lipinski definition) is 2. The van der Waals surface area contributed by atoms with Crippen molar-refractivity contribution >= 4 is 34.2 Å². The summed E-state index contributed by atoms with van der Waals surface area (Å²) in [6.07, 6.45) is 5.37. The van der Waals surface area contributed by atoms with Crippen molar-refractivity contribution in [2.24, 2.45) is 11.3 Å². The van der Waals surface area contributed by atoms with Crippen molar-refractivity contribution < 1.29 is 29.0 Å². The van der Waals surface area contributed by atoms with Crippen LogP contribution in [0.2, 0.25) is 0 Å². The number of aromatic carboxylic acids is 1. The van der Waals surface area contributed by atoms with Gasteiger partial charge in [-0.05, 0) is 79.7 Å². The van der Waals surface area contributed by atoms with E-state index in [1.807, 2.05) is 0 Å². The number of carboxylic acids is 1. The maximum atomic E-state index is 12.9. The molecule has 1 heterocycles. The number of hydrogen-bond acceptors (Lipinski definition) is 6. The fraction of sp³-hybridized carbons (Fsp3) is 0.519. The maximum absolute atomic E-state index is 12.9. The molecule has 1 unspecified atom stereocenters. The van der Waals surface area contributed by atoms with Crippen LogP contribution in [0, 0.1) is 11.3 Å². The highest BCUT2D eigenvalue weighted by molar-refractivity contribution is 7.17. The van der Waals surface area contributed by atoms with Gasteiger partial charge in [-0.1, -0.05) is 20.8 Å². The summed E-state index contributed by atoms with van der Waals surface area (Å²) in [6, 6.07) is 6.81. The molecule has 1 aromatic carbocycles. The topological polar surface area (TPSA) is 102 Å². The number of unbranched alkanes of at least 4 members (excludes halogenated alkanes) is 2. The average Bonchev–Trinajstić information content (AvgIpc) is 3.18. The average molecular weight is 502 g/mol. The maximum Gasteiger partial charge on any atom is 0.339 e. The number of carboxylic acid groups (broad SMARTS) is 1. The molecule has 190 valence electrons. The molecule has 0 bridgehead atoms. The number of ether oxygens (including phenoxy) is 2. The van der Waals surface area contributed by atoms with Crippen LogP contribution in [0.3, 0.4) is 0 Å². The van der Waals surface area contributed by atoms with E-state index in [2.05, 4.69) is 30.8 Å². The van der Waals surface area contributed by atoms with Crippen LogP contribution in [-0.4, -0.2) is 36.7 Å². The first-order chi connectivity index (χ1) is 16.6. The molecule has 8 heteroatoms. The summed E-state index contributed by atoms with van der Waals surface area (Å²) in [5.41, 5.74) is 1.69. The molecule has 1 aliphatic carbocycles. The summed E-state index contributed by atoms with van der Waals surface area (Å²) in [5.74, 6) is -0.401. The quantitative estimate of drug-likeness (QED) is 0.308. The van der Waals surface area contributed by atoms with Gasteiger partial charge in [0.25, 0.3) is 5.91 Å². The highest BCUT2D eigenvalue weighted by Gasteiger charge is 2.34. The smallest absolute Gasteiger partial charge is 0.339 e. The Balaban J connectivity index is 1.58. The lowest BCUT2D eigenvalue weighted by Gasteiger charge is -2.33. The SMILES string of the molecule is COC(=O)CCCCCOc1ccc(C(=O)Nc2sc3c(c2C(=O)O)CCC(C(C)(C)C)C3)cc1. The predicted molar refractivity (Wildman–Crippen MR) is 137 cm³/mol. The Morgan fingerprint density at radius 1 is 1.11 bits per heavy atom. The summed E-state index contributed by atoms with van der Waals surface area (Å²) in [6.45, 7) is 7.17. The second-order valence-corrected chi connectivity index (χ2v) is 11.1. The number of fused-ring (bicyclic) bond motifs is 1. The molecule has 2 aromatic rings. The molecule has 0 saturated heterocycles. The van der Waals surface area contributed by atoms with Crippen molar-refractivity contribution in [1.82, 2.24) is 0 Å². The van der Waals surface area contributed by atoms with Gasteiger partial charge in [0.2, 0.25) is 0 Å². The minimum Gasteiger partial charge on any atom is -0.494 e. The molecule has 0 aliphatic heterocycles. The molecule has 7 nitrogen and oxygen atoms in total. The Morgan fingerprint density at radius 2 is 1.83 bits per heavy atom. The van der Waals surface area contributed by atoms with E-state index < -0.39 is 5.97 Å². The fourth-order valence-electron chi connectivity index (χ4n) is 4.36. The van der Waals surface area contributed by atoms with Gasteiger partial charge in [0, 0.05) is 16.9 Å². The second kappa shape index (κ2) is 11.7. The predicted octanol–water partition coefficient (Wildman–Crippen LogP) is 5.96. The van der Waals surface area contributed by atoms with Crippen molar-refractivity contribution in [1.29, 1.82) is 0 Å². The van der Waals surface area contributed by atoms with E-state index in [9.17, 15) is 19.5 Å². The van der Waals surface area contributed by atoms with Crippen LogP contribution in [0.15, 0.2) is 24.3 Å². The van der Waals surface area contributed by atoms with Gasteiger partial charge in [0.1, 0.15) is 10.8 Å². The van der Waals surface area contributed by atoms with Gasteiger partial charge in [0.15, 0.2) is 0 Å². The molecule has 1 aromatic heterocycles. The van der Waals surface area contributed by atoms with Gasteiger partial charge in [-0.2, -0.15) is 0 Å². The van der Waals surface area contributed by atoms with E-state index in [0.717, 1.165) is 49.0 Å². The number of carbonyl (C=O) groups excluding carboxylic acids is 2. The monoisotopic (exact) mass is 501 g/mol. The summed E-state index contributed by atoms with van der Waals surface area (Å²) < 4.78 is 10.3. The zero-order chi connectivity index (χ0) is 25.6. The Hall–Kier alpha value is -2.87. The van der Waals surface area contributed by atoms with Gasteiger partial charge >= 0.3 is 11.9 Å². The van der Waals surface area contributed by atoms with Gasteiger partial charge in [-0.15, -0.1) is 11.3 Å². The van der Waals surface area contributed by atoms with Gasteiger partial charge < -0.3 is 19.9 Å². The van der Waals surface area contributed by atoms with Crippen LogP contribution >= 0.6 is 11.3 Å². The van der Waals surface area contributed by atoms with E-state index in [4.69, 9.17) is 4.74 Å². The molecular weight excluding hydrogens is 466 g/mol. The fourth-order valence-corrected chi connectivity index (χ4v) is 5.67. The normalized spacial score (nSPS) is 15.3. The molecule has 3 rings (SSSR count).